The van der Waals surface area contributed by atoms with E-state index in [9.17, 15) is 23.3 Å². The monoisotopic (exact) mass is 492 g/mol. The number of aryl methyl sites for hydroxylation is 1. The Bertz CT molecular complexity index is 1310. The molecule has 0 aliphatic carbocycles. The molecule has 174 valence electrons. The summed E-state index contributed by atoms with van der Waals surface area (Å²) < 4.78 is 32.8. The zero-order valence-electron chi connectivity index (χ0n) is 17.8. The topological polar surface area (TPSA) is 158 Å². The Morgan fingerprint density at radius 2 is 2.03 bits per heavy atom. The molecule has 2 N–H and O–H groups in total. The molecule has 14 heteroatoms. The summed E-state index contributed by atoms with van der Waals surface area (Å²) in [6.45, 7) is 1.50. The van der Waals surface area contributed by atoms with Crippen LogP contribution in [-0.2, 0) is 17.1 Å². The van der Waals surface area contributed by atoms with E-state index in [-0.39, 0.29) is 28.4 Å². The molecule has 0 aliphatic heterocycles. The number of anilines is 2. The van der Waals surface area contributed by atoms with Gasteiger partial charge in [0.1, 0.15) is 12.1 Å². The number of nitrogens with zero attached hydrogens (tertiary/aromatic N) is 4. The number of amides is 1. The van der Waals surface area contributed by atoms with Gasteiger partial charge in [0.2, 0.25) is 10.0 Å². The van der Waals surface area contributed by atoms with E-state index in [2.05, 4.69) is 20.2 Å². The lowest BCUT2D eigenvalue weighted by Gasteiger charge is -2.13. The SMILES string of the molecule is CCS(=O)(=O)Nc1ccc(NC(=O)c2ccc(Sc3nncn3C)c([N+](=O)[O-])c2)cc1OC. The van der Waals surface area contributed by atoms with Crippen molar-refractivity contribution >= 4 is 44.8 Å². The number of aromatic nitrogens is 3. The fourth-order valence-corrected chi connectivity index (χ4v) is 4.15. The van der Waals surface area contributed by atoms with Crippen LogP contribution >= 0.6 is 11.8 Å². The molecule has 3 aromatic rings. The minimum atomic E-state index is -3.52. The fourth-order valence-electron chi connectivity index (χ4n) is 2.65. The summed E-state index contributed by atoms with van der Waals surface area (Å²) in [5.74, 6) is -0.498. The summed E-state index contributed by atoms with van der Waals surface area (Å²) in [7, 11) is -0.442. The molecule has 3 rings (SSSR count). The minimum absolute atomic E-state index is 0.0683. The first-order chi connectivity index (χ1) is 15.6. The van der Waals surface area contributed by atoms with E-state index in [0.717, 1.165) is 11.8 Å². The van der Waals surface area contributed by atoms with E-state index in [0.29, 0.717) is 15.7 Å². The largest absolute Gasteiger partial charge is 0.494 e. The Kier molecular flexibility index (Phi) is 7.18. The van der Waals surface area contributed by atoms with Crippen LogP contribution in [0.5, 0.6) is 5.75 Å². The number of nitro groups is 1. The highest BCUT2D eigenvalue weighted by Crippen LogP contribution is 2.34. The average molecular weight is 493 g/mol. The van der Waals surface area contributed by atoms with Gasteiger partial charge in [0.25, 0.3) is 11.6 Å². The van der Waals surface area contributed by atoms with Crippen LogP contribution in [0.15, 0.2) is 52.8 Å². The van der Waals surface area contributed by atoms with Crippen molar-refractivity contribution in [3.05, 3.63) is 58.4 Å². The predicted octanol–water partition coefficient (Wildman–Crippen LogP) is 2.90. The third kappa shape index (κ3) is 5.78. The Morgan fingerprint density at radius 1 is 1.27 bits per heavy atom. The van der Waals surface area contributed by atoms with Crippen LogP contribution < -0.4 is 14.8 Å². The summed E-state index contributed by atoms with van der Waals surface area (Å²) in [5, 5.41) is 22.3. The number of ether oxygens (including phenoxy) is 1. The van der Waals surface area contributed by atoms with E-state index in [1.54, 1.807) is 11.6 Å². The van der Waals surface area contributed by atoms with Crippen molar-refractivity contribution in [3.63, 3.8) is 0 Å². The Hall–Kier alpha value is -3.65. The zero-order chi connectivity index (χ0) is 24.2. The van der Waals surface area contributed by atoms with Crippen molar-refractivity contribution in [2.45, 2.75) is 17.0 Å². The molecule has 0 bridgehead atoms. The number of nitro benzene ring substituents is 1. The van der Waals surface area contributed by atoms with Gasteiger partial charge in [0.15, 0.2) is 5.16 Å². The second-order valence-corrected chi connectivity index (χ2v) is 9.66. The van der Waals surface area contributed by atoms with Crippen molar-refractivity contribution in [2.75, 3.05) is 22.9 Å². The number of hydrogen-bond donors (Lipinski definition) is 2. The number of hydrogen-bond acceptors (Lipinski definition) is 9. The second-order valence-electron chi connectivity index (χ2n) is 6.64. The van der Waals surface area contributed by atoms with Gasteiger partial charge in [-0.2, -0.15) is 0 Å². The molecule has 0 radical (unpaired) electrons. The van der Waals surface area contributed by atoms with Crippen molar-refractivity contribution in [1.29, 1.82) is 0 Å². The highest BCUT2D eigenvalue weighted by molar-refractivity contribution is 7.99. The van der Waals surface area contributed by atoms with Crippen molar-refractivity contribution in [1.82, 2.24) is 14.8 Å². The van der Waals surface area contributed by atoms with Gasteiger partial charge in [-0.05, 0) is 43.0 Å². The second kappa shape index (κ2) is 9.87. The third-order valence-electron chi connectivity index (χ3n) is 4.39. The first-order valence-electron chi connectivity index (χ1n) is 9.43. The molecule has 0 saturated carbocycles. The molecule has 1 heterocycles. The first kappa shape index (κ1) is 24.0. The quantitative estimate of drug-likeness (QED) is 0.338. The molecular weight excluding hydrogens is 472 g/mol. The van der Waals surface area contributed by atoms with Crippen molar-refractivity contribution in [2.24, 2.45) is 7.05 Å². The molecule has 33 heavy (non-hydrogen) atoms. The lowest BCUT2D eigenvalue weighted by Crippen LogP contribution is -2.16. The van der Waals surface area contributed by atoms with Crippen molar-refractivity contribution < 1.29 is 22.9 Å². The van der Waals surface area contributed by atoms with Gasteiger partial charge in [-0.25, -0.2) is 8.42 Å². The normalized spacial score (nSPS) is 11.1. The summed E-state index contributed by atoms with van der Waals surface area (Å²) in [6.07, 6.45) is 1.47. The molecular formula is C19H20N6O6S2. The lowest BCUT2D eigenvalue weighted by atomic mass is 10.1. The summed E-state index contributed by atoms with van der Waals surface area (Å²) in [4.78, 5) is 24.0. The first-order valence-corrected chi connectivity index (χ1v) is 11.9. The number of sulfonamides is 1. The molecule has 0 unspecified atom stereocenters. The molecule has 12 nitrogen and oxygen atoms in total. The standard InChI is InChI=1S/C19H20N6O6S2/c1-4-33(29,30)23-14-7-6-13(10-16(14)31-3)21-18(26)12-5-8-17(15(9-12)25(27)28)32-19-22-20-11-24(19)2/h5-11,23H,4H2,1-3H3,(H,21,26). The van der Waals surface area contributed by atoms with E-state index in [4.69, 9.17) is 4.74 Å². The molecule has 1 aromatic heterocycles. The smallest absolute Gasteiger partial charge is 0.284 e. The highest BCUT2D eigenvalue weighted by atomic mass is 32.2. The van der Waals surface area contributed by atoms with Crippen LogP contribution in [0.3, 0.4) is 0 Å². The van der Waals surface area contributed by atoms with Crippen molar-refractivity contribution in [3.8, 4) is 5.75 Å². The molecule has 1 amide bonds. The highest BCUT2D eigenvalue weighted by Gasteiger charge is 2.20. The fraction of sp³-hybridized carbons (Fsp3) is 0.211. The Labute approximate surface area is 193 Å². The number of carbonyl (C=O) groups excluding carboxylic acids is 1. The van der Waals surface area contributed by atoms with Crippen LogP contribution in [0, 0.1) is 10.1 Å². The lowest BCUT2D eigenvalue weighted by molar-refractivity contribution is -0.387. The zero-order valence-corrected chi connectivity index (χ0v) is 19.4. The molecule has 0 spiro atoms. The molecule has 0 fully saturated rings. The van der Waals surface area contributed by atoms with Crippen LogP contribution in [0.1, 0.15) is 17.3 Å². The van der Waals surface area contributed by atoms with Gasteiger partial charge < -0.3 is 14.6 Å². The summed E-state index contributed by atoms with van der Waals surface area (Å²) >= 11 is 1.06. The number of nitrogens with one attached hydrogen (secondary N) is 2. The van der Waals surface area contributed by atoms with Gasteiger partial charge >= 0.3 is 0 Å². The maximum absolute atomic E-state index is 12.7. The molecule has 0 saturated heterocycles. The maximum Gasteiger partial charge on any atom is 0.284 e. The summed E-state index contributed by atoms with van der Waals surface area (Å²) in [5.41, 5.74) is 0.353. The Morgan fingerprint density at radius 3 is 2.64 bits per heavy atom. The van der Waals surface area contributed by atoms with Crippen LogP contribution in [0.25, 0.3) is 0 Å². The van der Waals surface area contributed by atoms with Gasteiger partial charge in [0, 0.05) is 30.4 Å². The van der Waals surface area contributed by atoms with Gasteiger partial charge in [-0.1, -0.05) is 0 Å². The van der Waals surface area contributed by atoms with Gasteiger partial charge in [-0.15, -0.1) is 10.2 Å². The number of benzene rings is 2. The molecule has 2 aromatic carbocycles. The maximum atomic E-state index is 12.7. The van der Waals surface area contributed by atoms with E-state index in [1.165, 1.54) is 56.8 Å². The molecule has 0 atom stereocenters. The third-order valence-corrected chi connectivity index (χ3v) is 6.80. The van der Waals surface area contributed by atoms with Crippen LogP contribution in [0.4, 0.5) is 17.1 Å². The number of methoxy groups -OCH3 is 1. The van der Waals surface area contributed by atoms with Crippen LogP contribution in [-0.4, -0.2) is 46.9 Å². The van der Waals surface area contributed by atoms with E-state index >= 15 is 0 Å². The van der Waals surface area contributed by atoms with E-state index in [1.807, 2.05) is 0 Å². The average Bonchev–Trinajstić information content (AvgIpc) is 3.18. The number of carbonyl (C=O) groups is 1. The van der Waals surface area contributed by atoms with Gasteiger partial charge in [0.05, 0.1) is 28.4 Å². The van der Waals surface area contributed by atoms with Crippen LogP contribution in [0.2, 0.25) is 0 Å². The van der Waals surface area contributed by atoms with Gasteiger partial charge in [-0.3, -0.25) is 19.6 Å². The summed E-state index contributed by atoms with van der Waals surface area (Å²) in [6, 6.07) is 8.48. The Balaban J connectivity index is 1.83. The number of rotatable bonds is 9. The minimum Gasteiger partial charge on any atom is -0.494 e. The molecule has 0 aliphatic rings. The van der Waals surface area contributed by atoms with E-state index < -0.39 is 20.9 Å². The predicted molar refractivity (Wildman–Crippen MR) is 122 cm³/mol.